The highest BCUT2D eigenvalue weighted by molar-refractivity contribution is 7.19. The Bertz CT molecular complexity index is 861. The van der Waals surface area contributed by atoms with Crippen LogP contribution < -0.4 is 0 Å². The van der Waals surface area contributed by atoms with Crippen LogP contribution in [0.1, 0.15) is 12.6 Å². The molecule has 0 aliphatic carbocycles. The molecule has 0 saturated heterocycles. The zero-order chi connectivity index (χ0) is 17.1. The van der Waals surface area contributed by atoms with Crippen molar-refractivity contribution in [1.82, 2.24) is 15.0 Å². The van der Waals surface area contributed by atoms with Crippen molar-refractivity contribution >= 4 is 40.5 Å². The molecule has 0 atom stereocenters. The van der Waals surface area contributed by atoms with Crippen LogP contribution in [-0.2, 0) is 16.0 Å². The highest BCUT2D eigenvalue weighted by atomic mass is 35.5. The van der Waals surface area contributed by atoms with E-state index in [1.807, 2.05) is 0 Å². The summed E-state index contributed by atoms with van der Waals surface area (Å²) in [6.07, 6.45) is 2.84. The minimum atomic E-state index is -0.386. The molecule has 0 fully saturated rings. The fraction of sp³-hybridized carbons (Fsp3) is 0.200. The van der Waals surface area contributed by atoms with Crippen molar-refractivity contribution in [3.05, 3.63) is 39.7 Å². The molecule has 3 aromatic heterocycles. The molecule has 0 aliphatic heterocycles. The molecule has 6 nitrogen and oxygen atoms in total. The molecule has 0 saturated carbocycles. The van der Waals surface area contributed by atoms with Gasteiger partial charge in [-0.25, -0.2) is 15.0 Å². The molecule has 0 bridgehead atoms. The summed E-state index contributed by atoms with van der Waals surface area (Å²) in [4.78, 5) is 25.0. The number of esters is 1. The molecule has 0 spiro atoms. The quantitative estimate of drug-likeness (QED) is 0.612. The fourth-order valence-corrected chi connectivity index (χ4v) is 3.13. The van der Waals surface area contributed by atoms with Gasteiger partial charge in [0.05, 0.1) is 40.3 Å². The number of oxazole rings is 1. The molecule has 0 N–H and O–H groups in total. The van der Waals surface area contributed by atoms with E-state index in [1.165, 1.54) is 23.7 Å². The first-order valence-corrected chi connectivity index (χ1v) is 8.53. The Morgan fingerprint density at radius 1 is 1.29 bits per heavy atom. The van der Waals surface area contributed by atoms with Crippen molar-refractivity contribution in [2.24, 2.45) is 0 Å². The lowest BCUT2D eigenvalue weighted by Gasteiger charge is -2.00. The molecule has 3 aromatic rings. The Hall–Kier alpha value is -1.96. The average molecular weight is 384 g/mol. The second kappa shape index (κ2) is 7.29. The van der Waals surface area contributed by atoms with Gasteiger partial charge in [0.25, 0.3) is 0 Å². The van der Waals surface area contributed by atoms with Gasteiger partial charge < -0.3 is 9.15 Å². The smallest absolute Gasteiger partial charge is 0.312 e. The summed E-state index contributed by atoms with van der Waals surface area (Å²) in [5.74, 6) is 0.327. The van der Waals surface area contributed by atoms with Gasteiger partial charge in [-0.3, -0.25) is 4.79 Å². The zero-order valence-corrected chi connectivity index (χ0v) is 14.8. The van der Waals surface area contributed by atoms with E-state index >= 15 is 0 Å². The second-order valence-corrected chi connectivity index (χ2v) is 6.71. The van der Waals surface area contributed by atoms with Gasteiger partial charge in [0.2, 0.25) is 5.89 Å². The lowest BCUT2D eigenvalue weighted by molar-refractivity contribution is -0.142. The molecule has 0 aromatic carbocycles. The molecule has 124 valence electrons. The summed E-state index contributed by atoms with van der Waals surface area (Å²) in [7, 11) is 0. The molecule has 0 unspecified atom stereocenters. The lowest BCUT2D eigenvalue weighted by atomic mass is 10.2. The summed E-state index contributed by atoms with van der Waals surface area (Å²) in [5.41, 5.74) is 0.872. The van der Waals surface area contributed by atoms with Gasteiger partial charge in [0.1, 0.15) is 10.8 Å². The van der Waals surface area contributed by atoms with Gasteiger partial charge in [-0.15, -0.1) is 11.3 Å². The monoisotopic (exact) mass is 383 g/mol. The maximum absolute atomic E-state index is 11.8. The largest absolute Gasteiger partial charge is 0.466 e. The van der Waals surface area contributed by atoms with Crippen LogP contribution >= 0.6 is 34.5 Å². The van der Waals surface area contributed by atoms with E-state index in [-0.39, 0.29) is 23.4 Å². The molecule has 3 heterocycles. The first kappa shape index (κ1) is 16.9. The van der Waals surface area contributed by atoms with Gasteiger partial charge >= 0.3 is 5.97 Å². The van der Waals surface area contributed by atoms with Crippen molar-refractivity contribution in [1.29, 1.82) is 0 Å². The van der Waals surface area contributed by atoms with Gasteiger partial charge in [-0.2, -0.15) is 0 Å². The molecular weight excluding hydrogens is 373 g/mol. The van der Waals surface area contributed by atoms with Crippen LogP contribution in [-0.4, -0.2) is 27.5 Å². The number of carbonyl (C=O) groups is 1. The number of halogens is 2. The summed E-state index contributed by atoms with van der Waals surface area (Å²) in [6.45, 7) is 2.04. The summed E-state index contributed by atoms with van der Waals surface area (Å²) < 4.78 is 11.4. The maximum atomic E-state index is 11.8. The maximum Gasteiger partial charge on any atom is 0.312 e. The summed E-state index contributed by atoms with van der Waals surface area (Å²) in [5, 5.41) is 0.266. The van der Waals surface area contributed by atoms with Crippen LogP contribution in [0.25, 0.3) is 22.2 Å². The average Bonchev–Trinajstić information content (AvgIpc) is 3.14. The van der Waals surface area contributed by atoms with Crippen molar-refractivity contribution < 1.29 is 13.9 Å². The number of carbonyl (C=O) groups excluding carboxylic acids is 1. The summed E-state index contributed by atoms with van der Waals surface area (Å²) >= 11 is 13.1. The Kier molecular flexibility index (Phi) is 5.13. The summed E-state index contributed by atoms with van der Waals surface area (Å²) in [6, 6.07) is 3.56. The van der Waals surface area contributed by atoms with Gasteiger partial charge in [0, 0.05) is 0 Å². The number of ether oxygens (including phenoxy) is 1. The van der Waals surface area contributed by atoms with Crippen LogP contribution in [0.3, 0.4) is 0 Å². The van der Waals surface area contributed by atoms with E-state index in [1.54, 1.807) is 19.1 Å². The SMILES string of the molecule is CCOC(=O)Cc1nc(-c2cnc(Cl)cn2)oc1-c1ccc(Cl)s1. The van der Waals surface area contributed by atoms with Crippen molar-refractivity contribution in [3.8, 4) is 22.2 Å². The number of hydrogen-bond acceptors (Lipinski definition) is 7. The number of nitrogens with zero attached hydrogens (tertiary/aromatic N) is 3. The molecule has 0 radical (unpaired) electrons. The Morgan fingerprint density at radius 3 is 2.75 bits per heavy atom. The fourth-order valence-electron chi connectivity index (χ4n) is 1.98. The third-order valence-electron chi connectivity index (χ3n) is 2.95. The van der Waals surface area contributed by atoms with Gasteiger partial charge in [-0.05, 0) is 19.1 Å². The first-order chi connectivity index (χ1) is 11.6. The first-order valence-electron chi connectivity index (χ1n) is 6.95. The number of thiophene rings is 1. The number of hydrogen-bond donors (Lipinski definition) is 0. The van der Waals surface area contributed by atoms with Crippen LogP contribution in [0.2, 0.25) is 9.49 Å². The lowest BCUT2D eigenvalue weighted by Crippen LogP contribution is -2.08. The van der Waals surface area contributed by atoms with Gasteiger partial charge in [-0.1, -0.05) is 23.2 Å². The number of rotatable bonds is 5. The van der Waals surface area contributed by atoms with Crippen molar-refractivity contribution in [3.63, 3.8) is 0 Å². The van der Waals surface area contributed by atoms with E-state index < -0.39 is 0 Å². The Balaban J connectivity index is 2.01. The van der Waals surface area contributed by atoms with Gasteiger partial charge in [0.15, 0.2) is 5.76 Å². The minimum absolute atomic E-state index is 0.0107. The van der Waals surface area contributed by atoms with E-state index in [9.17, 15) is 4.79 Å². The Morgan fingerprint density at radius 2 is 2.12 bits per heavy atom. The zero-order valence-electron chi connectivity index (χ0n) is 12.5. The minimum Gasteiger partial charge on any atom is -0.466 e. The van der Waals surface area contributed by atoms with E-state index in [2.05, 4.69) is 15.0 Å². The molecule has 0 amide bonds. The van der Waals surface area contributed by atoms with E-state index in [0.717, 1.165) is 4.88 Å². The van der Waals surface area contributed by atoms with Crippen molar-refractivity contribution in [2.75, 3.05) is 6.61 Å². The normalized spacial score (nSPS) is 10.8. The van der Waals surface area contributed by atoms with E-state index in [0.29, 0.717) is 28.1 Å². The predicted octanol–water partition coefficient (Wildman–Crippen LogP) is 4.27. The molecule has 9 heteroatoms. The van der Waals surface area contributed by atoms with Crippen molar-refractivity contribution in [2.45, 2.75) is 13.3 Å². The highest BCUT2D eigenvalue weighted by Crippen LogP contribution is 2.35. The van der Waals surface area contributed by atoms with E-state index in [4.69, 9.17) is 32.4 Å². The molecule has 3 rings (SSSR count). The third kappa shape index (κ3) is 3.75. The second-order valence-electron chi connectivity index (χ2n) is 4.60. The van der Waals surface area contributed by atoms with Crippen LogP contribution in [0.5, 0.6) is 0 Å². The Labute approximate surface area is 151 Å². The van der Waals surface area contributed by atoms with Crippen LogP contribution in [0, 0.1) is 0 Å². The predicted molar refractivity (Wildman–Crippen MR) is 91.2 cm³/mol. The molecular formula is C15H11Cl2N3O3S. The number of aromatic nitrogens is 3. The molecule has 24 heavy (non-hydrogen) atoms. The van der Waals surface area contributed by atoms with Crippen LogP contribution in [0.15, 0.2) is 28.9 Å². The third-order valence-corrected chi connectivity index (χ3v) is 4.38. The highest BCUT2D eigenvalue weighted by Gasteiger charge is 2.21. The molecule has 0 aliphatic rings. The standard InChI is InChI=1S/C15H11Cl2N3O3S/c1-2-22-13(21)5-8-14(10-3-4-12(17)24-10)23-15(20-8)9-6-19-11(16)7-18-9/h3-4,6-7H,2,5H2,1H3. The van der Waals surface area contributed by atoms with Crippen LogP contribution in [0.4, 0.5) is 0 Å². The topological polar surface area (TPSA) is 78.1 Å².